The average Bonchev–Trinajstić information content (AvgIpc) is 2.36. The zero-order chi connectivity index (χ0) is 15.2. The molecule has 0 aliphatic heterocycles. The number of esters is 1. The first kappa shape index (κ1) is 16.3. The Kier molecular flexibility index (Phi) is 5.86. The topological polar surface area (TPSA) is 50.4 Å². The second-order valence-corrected chi connectivity index (χ2v) is 5.81. The molecule has 0 bridgehead atoms. The molecule has 0 saturated heterocycles. The van der Waals surface area contributed by atoms with Crippen LogP contribution in [0, 0.1) is 0 Å². The molecule has 0 aromatic heterocycles. The van der Waals surface area contributed by atoms with Gasteiger partial charge in [-0.15, -0.1) is 0 Å². The highest BCUT2D eigenvalue weighted by Gasteiger charge is 2.24. The summed E-state index contributed by atoms with van der Waals surface area (Å²) in [6, 6.07) is 7.51. The second-order valence-electron chi connectivity index (χ2n) is 5.81. The van der Waals surface area contributed by atoms with E-state index in [1.165, 1.54) is 0 Å². The monoisotopic (exact) mass is 278 g/mol. The summed E-state index contributed by atoms with van der Waals surface area (Å²) >= 11 is 0. The molecule has 0 radical (unpaired) electrons. The van der Waals surface area contributed by atoms with Crippen molar-refractivity contribution in [2.75, 3.05) is 17.7 Å². The lowest BCUT2D eigenvalue weighted by Gasteiger charge is -2.25. The van der Waals surface area contributed by atoms with Gasteiger partial charge in [-0.1, -0.05) is 25.5 Å². The second kappa shape index (κ2) is 7.17. The van der Waals surface area contributed by atoms with Gasteiger partial charge in [0, 0.05) is 7.05 Å². The van der Waals surface area contributed by atoms with E-state index in [0.717, 1.165) is 24.2 Å². The van der Waals surface area contributed by atoms with Crippen molar-refractivity contribution in [2.24, 2.45) is 0 Å². The molecule has 0 aliphatic rings. The van der Waals surface area contributed by atoms with E-state index in [9.17, 15) is 4.79 Å². The van der Waals surface area contributed by atoms with E-state index >= 15 is 0 Å². The van der Waals surface area contributed by atoms with Gasteiger partial charge in [-0.05, 0) is 39.3 Å². The predicted octanol–water partition coefficient (Wildman–Crippen LogP) is 3.65. The van der Waals surface area contributed by atoms with Crippen LogP contribution in [0.1, 0.15) is 40.5 Å². The third-order valence-corrected chi connectivity index (χ3v) is 2.79. The highest BCUT2D eigenvalue weighted by Crippen LogP contribution is 2.23. The van der Waals surface area contributed by atoms with Crippen molar-refractivity contribution in [1.82, 2.24) is 0 Å². The Labute approximate surface area is 121 Å². The zero-order valence-corrected chi connectivity index (χ0v) is 13.1. The molecule has 0 fully saturated rings. The van der Waals surface area contributed by atoms with Gasteiger partial charge in [-0.2, -0.15) is 0 Å². The van der Waals surface area contributed by atoms with Crippen LogP contribution < -0.4 is 10.6 Å². The molecule has 4 heteroatoms. The minimum absolute atomic E-state index is 0.203. The van der Waals surface area contributed by atoms with Crippen molar-refractivity contribution in [2.45, 2.75) is 52.2 Å². The fraction of sp³-hybridized carbons (Fsp3) is 0.562. The molecule has 1 atom stereocenters. The van der Waals surface area contributed by atoms with Crippen molar-refractivity contribution in [1.29, 1.82) is 0 Å². The molecule has 4 nitrogen and oxygen atoms in total. The lowest BCUT2D eigenvalue weighted by molar-refractivity contribution is -0.155. The molecule has 0 aliphatic carbocycles. The largest absolute Gasteiger partial charge is 0.458 e. The van der Waals surface area contributed by atoms with Gasteiger partial charge in [0.15, 0.2) is 0 Å². The number of nitrogens with one attached hydrogen (secondary N) is 2. The van der Waals surface area contributed by atoms with Crippen LogP contribution >= 0.6 is 0 Å². The summed E-state index contributed by atoms with van der Waals surface area (Å²) in [5.41, 5.74) is 1.42. The van der Waals surface area contributed by atoms with Crippen LogP contribution in [0.3, 0.4) is 0 Å². The fourth-order valence-electron chi connectivity index (χ4n) is 1.93. The molecule has 1 unspecified atom stereocenters. The Morgan fingerprint density at radius 3 is 2.35 bits per heavy atom. The van der Waals surface area contributed by atoms with Gasteiger partial charge < -0.3 is 15.4 Å². The SMILES string of the molecule is CCCC(Nc1ccccc1NC)C(=O)OC(C)(C)C. The highest BCUT2D eigenvalue weighted by atomic mass is 16.6. The predicted molar refractivity (Wildman–Crippen MR) is 84.2 cm³/mol. The Morgan fingerprint density at radius 1 is 1.25 bits per heavy atom. The number of para-hydroxylation sites is 2. The number of ether oxygens (including phenoxy) is 1. The summed E-state index contributed by atoms with van der Waals surface area (Å²) in [5.74, 6) is -0.203. The molecule has 0 saturated carbocycles. The van der Waals surface area contributed by atoms with Crippen LogP contribution in [-0.4, -0.2) is 24.7 Å². The Morgan fingerprint density at radius 2 is 1.85 bits per heavy atom. The van der Waals surface area contributed by atoms with Crippen molar-refractivity contribution in [3.05, 3.63) is 24.3 Å². The molecule has 20 heavy (non-hydrogen) atoms. The van der Waals surface area contributed by atoms with Gasteiger partial charge in [-0.3, -0.25) is 0 Å². The van der Waals surface area contributed by atoms with E-state index in [-0.39, 0.29) is 12.0 Å². The highest BCUT2D eigenvalue weighted by molar-refractivity contribution is 5.82. The summed E-state index contributed by atoms with van der Waals surface area (Å²) in [6.07, 6.45) is 1.66. The zero-order valence-electron chi connectivity index (χ0n) is 13.1. The Balaban J connectivity index is 2.84. The molecule has 1 rings (SSSR count). The maximum Gasteiger partial charge on any atom is 0.329 e. The number of benzene rings is 1. The van der Waals surface area contributed by atoms with Crippen molar-refractivity contribution in [3.8, 4) is 0 Å². The van der Waals surface area contributed by atoms with Gasteiger partial charge >= 0.3 is 5.97 Å². The number of carbonyl (C=O) groups excluding carboxylic acids is 1. The minimum Gasteiger partial charge on any atom is -0.458 e. The summed E-state index contributed by atoms with van der Waals surface area (Å²) in [7, 11) is 1.86. The molecule has 1 aromatic rings. The molecule has 1 aromatic carbocycles. The Hall–Kier alpha value is -1.71. The van der Waals surface area contributed by atoms with E-state index in [2.05, 4.69) is 17.6 Å². The Bertz CT molecular complexity index is 438. The standard InChI is InChI=1S/C16H26N2O2/c1-6-9-14(15(19)20-16(2,3)4)18-13-11-8-7-10-12(13)17-5/h7-8,10-11,14,17-18H,6,9H2,1-5H3. The maximum atomic E-state index is 12.2. The first-order valence-electron chi connectivity index (χ1n) is 7.13. The summed E-state index contributed by atoms with van der Waals surface area (Å²) in [6.45, 7) is 7.71. The molecule has 0 spiro atoms. The van der Waals surface area contributed by atoms with Crippen LogP contribution in [0.5, 0.6) is 0 Å². The van der Waals surface area contributed by atoms with Gasteiger partial charge in [0.25, 0.3) is 0 Å². The first-order valence-corrected chi connectivity index (χ1v) is 7.13. The maximum absolute atomic E-state index is 12.2. The summed E-state index contributed by atoms with van der Waals surface area (Å²) < 4.78 is 5.48. The molecular weight excluding hydrogens is 252 g/mol. The van der Waals surface area contributed by atoms with Gasteiger partial charge in [-0.25, -0.2) is 4.79 Å². The fourth-order valence-corrected chi connectivity index (χ4v) is 1.93. The van der Waals surface area contributed by atoms with Crippen LogP contribution in [0.15, 0.2) is 24.3 Å². The number of hydrogen-bond acceptors (Lipinski definition) is 4. The number of hydrogen-bond donors (Lipinski definition) is 2. The van der Waals surface area contributed by atoms with Crippen LogP contribution in [0.2, 0.25) is 0 Å². The quantitative estimate of drug-likeness (QED) is 0.780. The summed E-state index contributed by atoms with van der Waals surface area (Å²) in [4.78, 5) is 12.2. The number of rotatable bonds is 6. The molecule has 112 valence electrons. The lowest BCUT2D eigenvalue weighted by Crippen LogP contribution is -2.36. The molecule has 0 heterocycles. The number of carbonyl (C=O) groups is 1. The lowest BCUT2D eigenvalue weighted by atomic mass is 10.1. The normalized spacial score (nSPS) is 12.7. The van der Waals surface area contributed by atoms with Crippen LogP contribution in [0.4, 0.5) is 11.4 Å². The first-order chi connectivity index (χ1) is 9.37. The third kappa shape index (κ3) is 5.11. The van der Waals surface area contributed by atoms with Gasteiger partial charge in [0.05, 0.1) is 11.4 Å². The molecular formula is C16H26N2O2. The van der Waals surface area contributed by atoms with E-state index < -0.39 is 5.60 Å². The van der Waals surface area contributed by atoms with E-state index in [0.29, 0.717) is 0 Å². The van der Waals surface area contributed by atoms with Crippen molar-refractivity contribution in [3.63, 3.8) is 0 Å². The van der Waals surface area contributed by atoms with Crippen molar-refractivity contribution >= 4 is 17.3 Å². The minimum atomic E-state index is -0.465. The average molecular weight is 278 g/mol. The van der Waals surface area contributed by atoms with Crippen molar-refractivity contribution < 1.29 is 9.53 Å². The molecule has 0 amide bonds. The third-order valence-electron chi connectivity index (χ3n) is 2.79. The van der Waals surface area contributed by atoms with Crippen LogP contribution in [0.25, 0.3) is 0 Å². The number of anilines is 2. The van der Waals surface area contributed by atoms with Gasteiger partial charge in [0.2, 0.25) is 0 Å². The van der Waals surface area contributed by atoms with E-state index in [1.807, 2.05) is 52.1 Å². The van der Waals surface area contributed by atoms with Crippen LogP contribution in [-0.2, 0) is 9.53 Å². The molecule has 2 N–H and O–H groups in total. The van der Waals surface area contributed by atoms with E-state index in [4.69, 9.17) is 4.74 Å². The smallest absolute Gasteiger partial charge is 0.329 e. The van der Waals surface area contributed by atoms with E-state index in [1.54, 1.807) is 0 Å². The van der Waals surface area contributed by atoms with Gasteiger partial charge in [0.1, 0.15) is 11.6 Å². The summed E-state index contributed by atoms with van der Waals surface area (Å²) in [5, 5.41) is 6.40.